The molecule has 0 fully saturated rings. The predicted molar refractivity (Wildman–Crippen MR) is 101 cm³/mol. The molecule has 0 bridgehead atoms. The fraction of sp³-hybridized carbons (Fsp3) is 0.222. The number of nitrogens with zero attached hydrogens (tertiary/aromatic N) is 2. The Labute approximate surface area is 159 Å². The van der Waals surface area contributed by atoms with Crippen LogP contribution in [0.25, 0.3) is 11.4 Å². The fourth-order valence-corrected chi connectivity index (χ4v) is 3.04. The minimum absolute atomic E-state index is 0.119. The first kappa shape index (κ1) is 17.9. The highest BCUT2D eigenvalue weighted by Gasteiger charge is 2.12. The molecule has 2 aromatic carbocycles. The maximum absolute atomic E-state index is 5.89. The first-order valence-corrected chi connectivity index (χ1v) is 8.89. The van der Waals surface area contributed by atoms with Gasteiger partial charge in [0.25, 0.3) is 0 Å². The Balaban J connectivity index is 1.63. The van der Waals surface area contributed by atoms with E-state index in [9.17, 15) is 0 Å². The van der Waals surface area contributed by atoms with Gasteiger partial charge >= 0.3 is 0 Å². The topological polar surface area (TPSA) is 60.2 Å². The molecule has 7 heteroatoms. The van der Waals surface area contributed by atoms with Crippen LogP contribution in [0.5, 0.6) is 5.75 Å². The molecule has 0 radical (unpaired) electrons. The second kappa shape index (κ2) is 7.99. The Morgan fingerprint density at radius 2 is 2.00 bits per heavy atom. The monoisotopic (exact) mass is 421 g/mol. The molecule has 0 saturated heterocycles. The SMILES string of the molecule is COc1ccc(C(C)NCc2nc(-c3ccc(Cl)cc3)no2)cc1Br. The van der Waals surface area contributed by atoms with E-state index in [1.54, 1.807) is 19.2 Å². The average Bonchev–Trinajstić information content (AvgIpc) is 3.09. The van der Waals surface area contributed by atoms with Gasteiger partial charge in [-0.25, -0.2) is 0 Å². The van der Waals surface area contributed by atoms with Crippen molar-refractivity contribution in [2.75, 3.05) is 7.11 Å². The van der Waals surface area contributed by atoms with Crippen LogP contribution in [-0.4, -0.2) is 17.3 Å². The first-order valence-electron chi connectivity index (χ1n) is 7.72. The first-order chi connectivity index (χ1) is 12.1. The lowest BCUT2D eigenvalue weighted by molar-refractivity contribution is 0.360. The van der Waals surface area contributed by atoms with E-state index in [1.807, 2.05) is 30.3 Å². The van der Waals surface area contributed by atoms with Gasteiger partial charge < -0.3 is 14.6 Å². The average molecular weight is 423 g/mol. The summed E-state index contributed by atoms with van der Waals surface area (Å²) in [7, 11) is 1.65. The van der Waals surface area contributed by atoms with E-state index < -0.39 is 0 Å². The summed E-state index contributed by atoms with van der Waals surface area (Å²) in [6.07, 6.45) is 0. The maximum Gasteiger partial charge on any atom is 0.240 e. The number of aromatic nitrogens is 2. The van der Waals surface area contributed by atoms with Gasteiger partial charge in [-0.15, -0.1) is 0 Å². The molecule has 3 aromatic rings. The van der Waals surface area contributed by atoms with Crippen LogP contribution in [0.2, 0.25) is 5.02 Å². The van der Waals surface area contributed by atoms with Crippen molar-refractivity contribution in [2.45, 2.75) is 19.5 Å². The van der Waals surface area contributed by atoms with E-state index in [-0.39, 0.29) is 6.04 Å². The van der Waals surface area contributed by atoms with Gasteiger partial charge in [-0.3, -0.25) is 0 Å². The number of hydrogen-bond donors (Lipinski definition) is 1. The highest BCUT2D eigenvalue weighted by molar-refractivity contribution is 9.10. The van der Waals surface area contributed by atoms with Crippen LogP contribution in [0, 0.1) is 0 Å². The van der Waals surface area contributed by atoms with Crippen molar-refractivity contribution in [3.8, 4) is 17.1 Å². The Kier molecular flexibility index (Phi) is 5.73. The number of nitrogens with one attached hydrogen (secondary N) is 1. The highest BCUT2D eigenvalue weighted by Crippen LogP contribution is 2.28. The molecule has 1 atom stereocenters. The van der Waals surface area contributed by atoms with Gasteiger partial charge in [-0.05, 0) is 64.8 Å². The molecule has 1 unspecified atom stereocenters. The third-order valence-corrected chi connectivity index (χ3v) is 4.68. The van der Waals surface area contributed by atoms with E-state index >= 15 is 0 Å². The second-order valence-corrected chi connectivity index (χ2v) is 6.81. The molecule has 0 amide bonds. The summed E-state index contributed by atoms with van der Waals surface area (Å²) in [4.78, 5) is 4.41. The second-order valence-electron chi connectivity index (χ2n) is 5.52. The van der Waals surface area contributed by atoms with Crippen LogP contribution in [-0.2, 0) is 6.54 Å². The zero-order valence-corrected chi connectivity index (χ0v) is 16.1. The summed E-state index contributed by atoms with van der Waals surface area (Å²) in [5.41, 5.74) is 2.00. The summed E-state index contributed by atoms with van der Waals surface area (Å²) in [5.74, 6) is 1.89. The van der Waals surface area contributed by atoms with Gasteiger partial charge in [-0.2, -0.15) is 4.98 Å². The highest BCUT2D eigenvalue weighted by atomic mass is 79.9. The number of halogens is 2. The molecule has 0 spiro atoms. The molecule has 1 aromatic heterocycles. The number of ether oxygens (including phenoxy) is 1. The number of rotatable bonds is 6. The Hall–Kier alpha value is -1.89. The molecular weight excluding hydrogens is 406 g/mol. The van der Waals surface area contributed by atoms with E-state index in [2.05, 4.69) is 38.3 Å². The van der Waals surface area contributed by atoms with Crippen molar-refractivity contribution in [2.24, 2.45) is 0 Å². The maximum atomic E-state index is 5.89. The van der Waals surface area contributed by atoms with Gasteiger partial charge in [0.05, 0.1) is 18.1 Å². The third-order valence-electron chi connectivity index (χ3n) is 3.81. The van der Waals surface area contributed by atoms with Crippen LogP contribution < -0.4 is 10.1 Å². The molecule has 25 heavy (non-hydrogen) atoms. The standard InChI is InChI=1S/C18H17BrClN3O2/c1-11(13-5-8-16(24-2)15(19)9-13)21-10-17-22-18(23-25-17)12-3-6-14(20)7-4-12/h3-9,11,21H,10H2,1-2H3. The fourth-order valence-electron chi connectivity index (χ4n) is 2.35. The van der Waals surface area contributed by atoms with Crippen molar-refractivity contribution in [3.05, 3.63) is 63.4 Å². The summed E-state index contributed by atoms with van der Waals surface area (Å²) in [6.45, 7) is 2.55. The van der Waals surface area contributed by atoms with Gasteiger partial charge in [0.1, 0.15) is 5.75 Å². The van der Waals surface area contributed by atoms with E-state index in [4.69, 9.17) is 20.9 Å². The van der Waals surface area contributed by atoms with Crippen molar-refractivity contribution in [1.82, 2.24) is 15.5 Å². The number of benzene rings is 2. The van der Waals surface area contributed by atoms with E-state index in [0.29, 0.717) is 23.3 Å². The van der Waals surface area contributed by atoms with Gasteiger partial charge in [0.15, 0.2) is 0 Å². The molecule has 3 rings (SSSR count). The smallest absolute Gasteiger partial charge is 0.240 e. The summed E-state index contributed by atoms with van der Waals surface area (Å²) >= 11 is 9.39. The summed E-state index contributed by atoms with van der Waals surface area (Å²) in [5, 5.41) is 8.06. The molecule has 1 N–H and O–H groups in total. The largest absolute Gasteiger partial charge is 0.496 e. The van der Waals surface area contributed by atoms with Crippen molar-refractivity contribution in [1.29, 1.82) is 0 Å². The zero-order chi connectivity index (χ0) is 17.8. The minimum atomic E-state index is 0.119. The normalized spacial score (nSPS) is 12.2. The van der Waals surface area contributed by atoms with Crippen molar-refractivity contribution in [3.63, 3.8) is 0 Å². The molecule has 0 aliphatic carbocycles. The molecule has 0 aliphatic heterocycles. The van der Waals surface area contributed by atoms with E-state index in [1.165, 1.54) is 0 Å². The quantitative estimate of drug-likeness (QED) is 0.605. The van der Waals surface area contributed by atoms with Gasteiger partial charge in [-0.1, -0.05) is 22.8 Å². The predicted octanol–water partition coefficient (Wildman–Crippen LogP) is 5.01. The Morgan fingerprint density at radius 1 is 1.24 bits per heavy atom. The van der Waals surface area contributed by atoms with Crippen LogP contribution >= 0.6 is 27.5 Å². The minimum Gasteiger partial charge on any atom is -0.496 e. The summed E-state index contributed by atoms with van der Waals surface area (Å²) < 4.78 is 11.5. The van der Waals surface area contributed by atoms with Crippen molar-refractivity contribution >= 4 is 27.5 Å². The lowest BCUT2D eigenvalue weighted by atomic mass is 10.1. The molecule has 5 nitrogen and oxygen atoms in total. The molecule has 0 aliphatic rings. The Bertz CT molecular complexity index is 852. The molecule has 1 heterocycles. The van der Waals surface area contributed by atoms with Crippen molar-refractivity contribution < 1.29 is 9.26 Å². The third kappa shape index (κ3) is 4.39. The Morgan fingerprint density at radius 3 is 2.68 bits per heavy atom. The molecular formula is C18H17BrClN3O2. The van der Waals surface area contributed by atoms with Crippen LogP contribution in [0.1, 0.15) is 24.4 Å². The van der Waals surface area contributed by atoms with Crippen LogP contribution in [0.15, 0.2) is 51.5 Å². The van der Waals surface area contributed by atoms with Gasteiger partial charge in [0.2, 0.25) is 11.7 Å². The molecule has 0 saturated carbocycles. The summed E-state index contributed by atoms with van der Waals surface area (Å²) in [6, 6.07) is 13.4. The number of methoxy groups -OCH3 is 1. The van der Waals surface area contributed by atoms with Crippen LogP contribution in [0.3, 0.4) is 0 Å². The van der Waals surface area contributed by atoms with Gasteiger partial charge in [0, 0.05) is 16.6 Å². The van der Waals surface area contributed by atoms with E-state index in [0.717, 1.165) is 21.3 Å². The van der Waals surface area contributed by atoms with Crippen LogP contribution in [0.4, 0.5) is 0 Å². The zero-order valence-electron chi connectivity index (χ0n) is 13.8. The lowest BCUT2D eigenvalue weighted by Crippen LogP contribution is -2.18. The lowest BCUT2D eigenvalue weighted by Gasteiger charge is -2.14. The number of hydrogen-bond acceptors (Lipinski definition) is 5. The molecule has 130 valence electrons.